The summed E-state index contributed by atoms with van der Waals surface area (Å²) >= 11 is 0. The Bertz CT molecular complexity index is 365. The van der Waals surface area contributed by atoms with Crippen molar-refractivity contribution < 1.29 is 4.74 Å². The number of hydrogen-bond donors (Lipinski definition) is 1. The number of hydrogen-bond acceptors (Lipinski definition) is 3. The molecule has 0 amide bonds. The van der Waals surface area contributed by atoms with E-state index in [-0.39, 0.29) is 0 Å². The normalized spacial score (nSPS) is 15.1. The van der Waals surface area contributed by atoms with Crippen LogP contribution in [0.5, 0.6) is 0 Å². The second-order valence-corrected chi connectivity index (χ2v) is 4.70. The van der Waals surface area contributed by atoms with Gasteiger partial charge in [-0.05, 0) is 29.7 Å². The Balaban J connectivity index is 1.73. The average Bonchev–Trinajstić information content (AvgIpc) is 2.70. The van der Waals surface area contributed by atoms with Crippen LogP contribution >= 0.6 is 0 Å². The summed E-state index contributed by atoms with van der Waals surface area (Å²) in [6.45, 7) is 6.97. The van der Waals surface area contributed by atoms with Gasteiger partial charge in [0.1, 0.15) is 0 Å². The lowest BCUT2D eigenvalue weighted by atomic mass is 10.1. The molecule has 0 aromatic heterocycles. The molecule has 17 heavy (non-hydrogen) atoms. The summed E-state index contributed by atoms with van der Waals surface area (Å²) < 4.78 is 5.59. The van der Waals surface area contributed by atoms with E-state index >= 15 is 0 Å². The Hall–Kier alpha value is -1.06. The van der Waals surface area contributed by atoms with Crippen LogP contribution in [-0.4, -0.2) is 24.7 Å². The van der Waals surface area contributed by atoms with Crippen LogP contribution in [0.15, 0.2) is 18.2 Å². The highest BCUT2D eigenvalue weighted by Crippen LogP contribution is 2.24. The molecule has 3 heteroatoms. The summed E-state index contributed by atoms with van der Waals surface area (Å²) in [5.41, 5.74) is 9.44. The van der Waals surface area contributed by atoms with Gasteiger partial charge in [-0.1, -0.05) is 19.4 Å². The lowest BCUT2D eigenvalue weighted by Gasteiger charge is -2.14. The Labute approximate surface area is 104 Å². The molecule has 0 bridgehead atoms. The van der Waals surface area contributed by atoms with Crippen LogP contribution in [-0.2, 0) is 17.8 Å². The molecule has 2 rings (SSSR count). The highest BCUT2D eigenvalue weighted by molar-refractivity contribution is 5.46. The fraction of sp³-hybridized carbons (Fsp3) is 0.571. The number of fused-ring (bicyclic) bond motifs is 1. The molecule has 0 fully saturated rings. The van der Waals surface area contributed by atoms with Crippen LogP contribution < -0.4 is 5.73 Å². The molecule has 0 atom stereocenters. The minimum Gasteiger partial charge on any atom is -0.399 e. The highest BCUT2D eigenvalue weighted by Gasteiger charge is 2.18. The van der Waals surface area contributed by atoms with Crippen molar-refractivity contribution in [2.45, 2.75) is 32.9 Å². The first kappa shape index (κ1) is 12.4. The molecule has 1 aliphatic heterocycles. The number of unbranched alkanes of at least 4 members (excludes halogenated alkanes) is 1. The summed E-state index contributed by atoms with van der Waals surface area (Å²) in [6, 6.07) is 6.22. The van der Waals surface area contributed by atoms with Crippen LogP contribution in [0.25, 0.3) is 0 Å². The van der Waals surface area contributed by atoms with Gasteiger partial charge in [0.15, 0.2) is 0 Å². The minimum atomic E-state index is 0.837. The lowest BCUT2D eigenvalue weighted by molar-refractivity contribution is 0.101. The second kappa shape index (κ2) is 6.03. The summed E-state index contributed by atoms with van der Waals surface area (Å²) in [7, 11) is 0. The van der Waals surface area contributed by atoms with Crippen molar-refractivity contribution in [1.29, 1.82) is 0 Å². The first-order valence-electron chi connectivity index (χ1n) is 6.47. The van der Waals surface area contributed by atoms with Gasteiger partial charge >= 0.3 is 0 Å². The largest absolute Gasteiger partial charge is 0.399 e. The zero-order valence-electron chi connectivity index (χ0n) is 10.6. The van der Waals surface area contributed by atoms with Crippen molar-refractivity contribution in [2.24, 2.45) is 0 Å². The van der Waals surface area contributed by atoms with Crippen LogP contribution in [0.2, 0.25) is 0 Å². The molecule has 0 spiro atoms. The van der Waals surface area contributed by atoms with E-state index in [0.717, 1.165) is 45.0 Å². The molecule has 1 heterocycles. The summed E-state index contributed by atoms with van der Waals surface area (Å²) in [5, 5.41) is 0. The van der Waals surface area contributed by atoms with E-state index in [4.69, 9.17) is 10.5 Å². The molecule has 0 saturated carbocycles. The van der Waals surface area contributed by atoms with E-state index in [2.05, 4.69) is 24.0 Å². The van der Waals surface area contributed by atoms with Crippen LogP contribution in [0, 0.1) is 0 Å². The van der Waals surface area contributed by atoms with Crippen molar-refractivity contribution in [2.75, 3.05) is 25.5 Å². The molecule has 3 nitrogen and oxygen atoms in total. The van der Waals surface area contributed by atoms with Crippen LogP contribution in [0.1, 0.15) is 30.9 Å². The van der Waals surface area contributed by atoms with Crippen molar-refractivity contribution >= 4 is 5.69 Å². The minimum absolute atomic E-state index is 0.837. The molecule has 1 aromatic rings. The summed E-state index contributed by atoms with van der Waals surface area (Å²) in [6.07, 6.45) is 2.37. The third-order valence-electron chi connectivity index (χ3n) is 3.21. The first-order valence-corrected chi connectivity index (χ1v) is 6.47. The molecule has 0 radical (unpaired) electrons. The average molecular weight is 234 g/mol. The van der Waals surface area contributed by atoms with E-state index in [9.17, 15) is 0 Å². The van der Waals surface area contributed by atoms with Gasteiger partial charge in [-0.25, -0.2) is 0 Å². The van der Waals surface area contributed by atoms with Crippen LogP contribution in [0.3, 0.4) is 0 Å². The molecule has 1 aliphatic rings. The van der Waals surface area contributed by atoms with Gasteiger partial charge in [0.25, 0.3) is 0 Å². The fourth-order valence-electron chi connectivity index (χ4n) is 2.19. The zero-order valence-corrected chi connectivity index (χ0v) is 10.6. The van der Waals surface area contributed by atoms with Gasteiger partial charge < -0.3 is 10.5 Å². The van der Waals surface area contributed by atoms with Crippen molar-refractivity contribution in [1.82, 2.24) is 4.90 Å². The predicted octanol–water partition coefficient (Wildman–Crippen LogP) is 2.40. The Morgan fingerprint density at radius 1 is 1.24 bits per heavy atom. The maximum atomic E-state index is 5.79. The lowest BCUT2D eigenvalue weighted by Crippen LogP contribution is -2.21. The molecule has 0 saturated heterocycles. The summed E-state index contributed by atoms with van der Waals surface area (Å²) in [4.78, 5) is 2.41. The van der Waals surface area contributed by atoms with E-state index in [0.29, 0.717) is 0 Å². The van der Waals surface area contributed by atoms with Gasteiger partial charge in [-0.15, -0.1) is 0 Å². The van der Waals surface area contributed by atoms with Gasteiger partial charge in [-0.3, -0.25) is 4.90 Å². The van der Waals surface area contributed by atoms with Crippen molar-refractivity contribution in [3.05, 3.63) is 29.3 Å². The van der Waals surface area contributed by atoms with Crippen LogP contribution in [0.4, 0.5) is 5.69 Å². The topological polar surface area (TPSA) is 38.5 Å². The maximum absolute atomic E-state index is 5.79. The standard InChI is InChI=1S/C14H22N2O/c1-2-3-7-17-8-6-16-10-12-4-5-14(15)9-13(12)11-16/h4-5,9H,2-3,6-8,10-11,15H2,1H3. The first-order chi connectivity index (χ1) is 8.29. The fourth-order valence-corrected chi connectivity index (χ4v) is 2.19. The van der Waals surface area contributed by atoms with E-state index < -0.39 is 0 Å². The zero-order chi connectivity index (χ0) is 12.1. The number of nitrogen functional groups attached to an aromatic ring is 1. The SMILES string of the molecule is CCCCOCCN1Cc2ccc(N)cc2C1. The molecular formula is C14H22N2O. The monoisotopic (exact) mass is 234 g/mol. The predicted molar refractivity (Wildman–Crippen MR) is 70.7 cm³/mol. The Morgan fingerprint density at radius 3 is 2.88 bits per heavy atom. The number of rotatable bonds is 6. The van der Waals surface area contributed by atoms with E-state index in [1.54, 1.807) is 0 Å². The Morgan fingerprint density at radius 2 is 2.06 bits per heavy atom. The third-order valence-corrected chi connectivity index (χ3v) is 3.21. The number of nitrogens with two attached hydrogens (primary N) is 1. The van der Waals surface area contributed by atoms with E-state index in [1.807, 2.05) is 6.07 Å². The molecular weight excluding hydrogens is 212 g/mol. The summed E-state index contributed by atoms with van der Waals surface area (Å²) in [5.74, 6) is 0. The smallest absolute Gasteiger partial charge is 0.0593 e. The number of anilines is 1. The molecule has 1 aromatic carbocycles. The van der Waals surface area contributed by atoms with E-state index in [1.165, 1.54) is 17.5 Å². The Kier molecular flexibility index (Phi) is 4.40. The molecule has 0 aliphatic carbocycles. The third kappa shape index (κ3) is 3.45. The molecule has 0 unspecified atom stereocenters. The molecule has 94 valence electrons. The number of nitrogens with zero attached hydrogens (tertiary/aromatic N) is 1. The van der Waals surface area contributed by atoms with Crippen molar-refractivity contribution in [3.63, 3.8) is 0 Å². The van der Waals surface area contributed by atoms with Gasteiger partial charge in [0.05, 0.1) is 6.61 Å². The quantitative estimate of drug-likeness (QED) is 0.607. The number of benzene rings is 1. The maximum Gasteiger partial charge on any atom is 0.0593 e. The van der Waals surface area contributed by atoms with Crippen molar-refractivity contribution in [3.8, 4) is 0 Å². The highest BCUT2D eigenvalue weighted by atomic mass is 16.5. The van der Waals surface area contributed by atoms with Gasteiger partial charge in [0, 0.05) is 31.9 Å². The van der Waals surface area contributed by atoms with Gasteiger partial charge in [0.2, 0.25) is 0 Å². The molecule has 2 N–H and O–H groups in total. The van der Waals surface area contributed by atoms with Gasteiger partial charge in [-0.2, -0.15) is 0 Å². The second-order valence-electron chi connectivity index (χ2n) is 4.70. The number of ether oxygens (including phenoxy) is 1.